The van der Waals surface area contributed by atoms with E-state index in [-0.39, 0.29) is 24.2 Å². The number of rotatable bonds is 4. The van der Waals surface area contributed by atoms with E-state index < -0.39 is 0 Å². The number of carbonyl (C=O) groups is 1. The number of hydrogen-bond donors (Lipinski definition) is 0. The van der Waals surface area contributed by atoms with E-state index in [1.807, 2.05) is 43.0 Å². The van der Waals surface area contributed by atoms with Crippen molar-refractivity contribution in [3.63, 3.8) is 0 Å². The van der Waals surface area contributed by atoms with Gasteiger partial charge in [0.05, 0.1) is 12.2 Å². The van der Waals surface area contributed by atoms with E-state index in [1.54, 1.807) is 0 Å². The van der Waals surface area contributed by atoms with Gasteiger partial charge in [-0.1, -0.05) is 0 Å². The molecule has 2 fully saturated rings. The summed E-state index contributed by atoms with van der Waals surface area (Å²) in [5.41, 5.74) is 0.713. The van der Waals surface area contributed by atoms with E-state index in [0.717, 1.165) is 37.1 Å². The third kappa shape index (κ3) is 4.59. The van der Waals surface area contributed by atoms with Gasteiger partial charge >= 0.3 is 0 Å². The summed E-state index contributed by atoms with van der Waals surface area (Å²) in [7, 11) is 0. The summed E-state index contributed by atoms with van der Waals surface area (Å²) in [5, 5.41) is 0.903. The molecule has 29 heavy (non-hydrogen) atoms. The van der Waals surface area contributed by atoms with Crippen LogP contribution in [0.1, 0.15) is 51.1 Å². The van der Waals surface area contributed by atoms with Crippen LogP contribution in [0.5, 0.6) is 5.75 Å². The fraction of sp³-hybridized carbons (Fsp3) is 0.609. The molecular formula is C23H32N2O4. The van der Waals surface area contributed by atoms with Crippen LogP contribution >= 0.6 is 0 Å². The predicted molar refractivity (Wildman–Crippen MR) is 112 cm³/mol. The molecule has 0 aliphatic carbocycles. The molecule has 1 aromatic heterocycles. The minimum Gasteiger partial charge on any atom is -0.490 e. The van der Waals surface area contributed by atoms with Crippen molar-refractivity contribution in [3.8, 4) is 5.75 Å². The Morgan fingerprint density at radius 3 is 2.45 bits per heavy atom. The molecule has 2 aromatic rings. The Kier molecular flexibility index (Phi) is 5.83. The molecule has 2 aliphatic heterocycles. The SMILES string of the molecule is CC(C)N1CCC(Oc2ccc3oc(C(=O)N4C[C@@H](C)O[C@@H](C)C4)cc3c2)CC1. The second-order valence-corrected chi connectivity index (χ2v) is 8.72. The van der Waals surface area contributed by atoms with Gasteiger partial charge in [0.1, 0.15) is 17.4 Å². The van der Waals surface area contributed by atoms with Gasteiger partial charge in [-0.3, -0.25) is 4.79 Å². The lowest BCUT2D eigenvalue weighted by Gasteiger charge is -2.34. The Morgan fingerprint density at radius 2 is 1.79 bits per heavy atom. The minimum atomic E-state index is -0.0771. The highest BCUT2D eigenvalue weighted by Crippen LogP contribution is 2.28. The van der Waals surface area contributed by atoms with Gasteiger partial charge in [0.25, 0.3) is 5.91 Å². The van der Waals surface area contributed by atoms with Crippen molar-refractivity contribution >= 4 is 16.9 Å². The van der Waals surface area contributed by atoms with E-state index in [0.29, 0.717) is 30.5 Å². The maximum Gasteiger partial charge on any atom is 0.289 e. The summed E-state index contributed by atoms with van der Waals surface area (Å²) in [4.78, 5) is 17.2. The normalized spacial score (nSPS) is 24.4. The maximum atomic E-state index is 12.9. The molecule has 6 heteroatoms. The molecule has 1 aromatic carbocycles. The summed E-state index contributed by atoms with van der Waals surface area (Å²) in [5.74, 6) is 1.14. The molecule has 0 radical (unpaired) electrons. The Bertz CT molecular complexity index is 844. The Hall–Kier alpha value is -2.05. The zero-order chi connectivity index (χ0) is 20.5. The molecule has 0 unspecified atom stereocenters. The van der Waals surface area contributed by atoms with E-state index in [4.69, 9.17) is 13.9 Å². The van der Waals surface area contributed by atoms with Crippen molar-refractivity contribution in [2.24, 2.45) is 0 Å². The van der Waals surface area contributed by atoms with Gasteiger partial charge in [0.2, 0.25) is 0 Å². The van der Waals surface area contributed by atoms with Crippen LogP contribution in [0.3, 0.4) is 0 Å². The summed E-state index contributed by atoms with van der Waals surface area (Å²) in [6.45, 7) is 11.8. The van der Waals surface area contributed by atoms with Gasteiger partial charge in [-0.2, -0.15) is 0 Å². The van der Waals surface area contributed by atoms with Crippen molar-refractivity contribution in [2.45, 2.75) is 64.9 Å². The molecule has 6 nitrogen and oxygen atoms in total. The van der Waals surface area contributed by atoms with Gasteiger partial charge < -0.3 is 23.7 Å². The molecule has 0 N–H and O–H groups in total. The number of likely N-dealkylation sites (tertiary alicyclic amines) is 1. The smallest absolute Gasteiger partial charge is 0.289 e. The molecule has 0 bridgehead atoms. The predicted octanol–water partition coefficient (Wildman–Crippen LogP) is 3.93. The molecule has 158 valence electrons. The van der Waals surface area contributed by atoms with E-state index in [2.05, 4.69) is 18.7 Å². The van der Waals surface area contributed by atoms with Crippen LogP contribution in [0.15, 0.2) is 28.7 Å². The number of nitrogens with zero attached hydrogens (tertiary/aromatic N) is 2. The molecule has 3 heterocycles. The number of benzene rings is 1. The standard InChI is InChI=1S/C23H32N2O4/c1-15(2)24-9-7-19(8-10-24)28-20-5-6-21-18(11-20)12-22(29-21)23(26)25-13-16(3)27-17(4)14-25/h5-6,11-12,15-17,19H,7-10,13-14H2,1-4H3/t16-,17+. The number of amides is 1. The van der Waals surface area contributed by atoms with Gasteiger partial charge in [0.15, 0.2) is 5.76 Å². The largest absolute Gasteiger partial charge is 0.490 e. The Balaban J connectivity index is 1.43. The van der Waals surface area contributed by atoms with Crippen LogP contribution in [0.2, 0.25) is 0 Å². The van der Waals surface area contributed by atoms with Crippen molar-refractivity contribution in [1.82, 2.24) is 9.80 Å². The first-order valence-corrected chi connectivity index (χ1v) is 10.8. The Labute approximate surface area is 172 Å². The van der Waals surface area contributed by atoms with Crippen molar-refractivity contribution in [3.05, 3.63) is 30.0 Å². The molecule has 2 saturated heterocycles. The van der Waals surface area contributed by atoms with Crippen molar-refractivity contribution < 1.29 is 18.7 Å². The third-order valence-corrected chi connectivity index (χ3v) is 5.91. The molecule has 2 atom stereocenters. The molecule has 2 aliphatic rings. The number of morpholine rings is 1. The summed E-state index contributed by atoms with van der Waals surface area (Å²) >= 11 is 0. The molecule has 1 amide bonds. The van der Waals surface area contributed by atoms with Crippen LogP contribution in [0, 0.1) is 0 Å². The number of furan rings is 1. The summed E-state index contributed by atoms with van der Waals surface area (Å²) < 4.78 is 17.8. The van der Waals surface area contributed by atoms with Gasteiger partial charge in [-0.25, -0.2) is 0 Å². The zero-order valence-electron chi connectivity index (χ0n) is 17.9. The first-order chi connectivity index (χ1) is 13.9. The van der Waals surface area contributed by atoms with E-state index >= 15 is 0 Å². The van der Waals surface area contributed by atoms with Crippen LogP contribution in [-0.2, 0) is 4.74 Å². The summed E-state index contributed by atoms with van der Waals surface area (Å²) in [6.07, 6.45) is 2.40. The van der Waals surface area contributed by atoms with Gasteiger partial charge in [0, 0.05) is 37.6 Å². The molecular weight excluding hydrogens is 368 g/mol. The zero-order valence-corrected chi connectivity index (χ0v) is 17.9. The minimum absolute atomic E-state index is 0.0363. The monoisotopic (exact) mass is 400 g/mol. The number of fused-ring (bicyclic) bond motifs is 1. The van der Waals surface area contributed by atoms with Crippen LogP contribution in [-0.4, -0.2) is 66.2 Å². The average Bonchev–Trinajstić information content (AvgIpc) is 3.10. The number of piperidine rings is 1. The maximum absolute atomic E-state index is 12.9. The average molecular weight is 401 g/mol. The lowest BCUT2D eigenvalue weighted by Crippen LogP contribution is -2.48. The van der Waals surface area contributed by atoms with Crippen LogP contribution in [0.25, 0.3) is 11.0 Å². The third-order valence-electron chi connectivity index (χ3n) is 5.91. The highest BCUT2D eigenvalue weighted by molar-refractivity contribution is 5.96. The molecule has 0 saturated carbocycles. The van der Waals surface area contributed by atoms with Crippen LogP contribution < -0.4 is 4.74 Å². The van der Waals surface area contributed by atoms with Gasteiger partial charge in [-0.15, -0.1) is 0 Å². The fourth-order valence-corrected chi connectivity index (χ4v) is 4.40. The second kappa shape index (κ2) is 8.36. The Morgan fingerprint density at radius 1 is 1.10 bits per heavy atom. The number of hydrogen-bond acceptors (Lipinski definition) is 5. The summed E-state index contributed by atoms with van der Waals surface area (Å²) in [6, 6.07) is 8.24. The van der Waals surface area contributed by atoms with Crippen LogP contribution in [0.4, 0.5) is 0 Å². The first kappa shape index (κ1) is 20.2. The lowest BCUT2D eigenvalue weighted by molar-refractivity contribution is -0.0591. The molecule has 0 spiro atoms. The molecule has 4 rings (SSSR count). The first-order valence-electron chi connectivity index (χ1n) is 10.8. The number of ether oxygens (including phenoxy) is 2. The fourth-order valence-electron chi connectivity index (χ4n) is 4.40. The van der Waals surface area contributed by atoms with E-state index in [9.17, 15) is 4.79 Å². The van der Waals surface area contributed by atoms with Crippen molar-refractivity contribution in [2.75, 3.05) is 26.2 Å². The highest BCUT2D eigenvalue weighted by Gasteiger charge is 2.28. The second-order valence-electron chi connectivity index (χ2n) is 8.72. The quantitative estimate of drug-likeness (QED) is 0.778. The highest BCUT2D eigenvalue weighted by atomic mass is 16.5. The number of carbonyl (C=O) groups excluding carboxylic acids is 1. The lowest BCUT2D eigenvalue weighted by atomic mass is 10.1. The van der Waals surface area contributed by atoms with E-state index in [1.165, 1.54) is 0 Å². The van der Waals surface area contributed by atoms with Crippen molar-refractivity contribution in [1.29, 1.82) is 0 Å². The van der Waals surface area contributed by atoms with Gasteiger partial charge in [-0.05, 0) is 64.8 Å². The topological polar surface area (TPSA) is 55.2 Å².